The van der Waals surface area contributed by atoms with E-state index in [1.807, 2.05) is 0 Å². The molecule has 0 atom stereocenters. The third-order valence-corrected chi connectivity index (χ3v) is 2.51. The molecule has 2 rings (SSSR count). The summed E-state index contributed by atoms with van der Waals surface area (Å²) >= 11 is 5.84. The highest BCUT2D eigenvalue weighted by Crippen LogP contribution is 2.25. The van der Waals surface area contributed by atoms with Crippen molar-refractivity contribution < 1.29 is 4.92 Å². The van der Waals surface area contributed by atoms with Crippen LogP contribution in [-0.2, 0) is 6.54 Å². The maximum absolute atomic E-state index is 10.9. The molecule has 0 bridgehead atoms. The maximum Gasteiger partial charge on any atom is 0.295 e. The largest absolute Gasteiger partial charge is 0.314 e. The molecule has 94 valence electrons. The van der Waals surface area contributed by atoms with E-state index in [0.717, 1.165) is 0 Å². The van der Waals surface area contributed by atoms with E-state index in [1.165, 1.54) is 22.9 Å². The third kappa shape index (κ3) is 2.47. The Morgan fingerprint density at radius 1 is 1.56 bits per heavy atom. The fourth-order valence-corrected chi connectivity index (χ4v) is 1.68. The van der Waals surface area contributed by atoms with Crippen molar-refractivity contribution in [3.8, 4) is 5.69 Å². The molecule has 7 nitrogen and oxygen atoms in total. The Morgan fingerprint density at radius 3 is 3.00 bits per heavy atom. The van der Waals surface area contributed by atoms with Crippen LogP contribution in [0.3, 0.4) is 0 Å². The first-order chi connectivity index (χ1) is 8.61. The molecule has 8 heteroatoms. The van der Waals surface area contributed by atoms with Gasteiger partial charge in [0, 0.05) is 17.6 Å². The van der Waals surface area contributed by atoms with Gasteiger partial charge in [-0.2, -0.15) is 0 Å². The summed E-state index contributed by atoms with van der Waals surface area (Å²) in [4.78, 5) is 10.4. The summed E-state index contributed by atoms with van der Waals surface area (Å²) in [5.41, 5.74) is 0.912. The minimum atomic E-state index is -0.481. The minimum Gasteiger partial charge on any atom is -0.314 e. The van der Waals surface area contributed by atoms with E-state index in [2.05, 4.69) is 15.6 Å². The molecular weight excluding hydrogens is 258 g/mol. The zero-order valence-electron chi connectivity index (χ0n) is 9.50. The lowest BCUT2D eigenvalue weighted by Gasteiger charge is -2.02. The molecule has 1 heterocycles. The van der Waals surface area contributed by atoms with Gasteiger partial charge in [0.2, 0.25) is 0 Å². The number of hydrogen-bond donors (Lipinski definition) is 1. The molecule has 0 aliphatic heterocycles. The number of aromatic nitrogens is 3. The molecule has 1 aromatic heterocycles. The van der Waals surface area contributed by atoms with Gasteiger partial charge in [0.15, 0.2) is 0 Å². The highest BCUT2D eigenvalue weighted by Gasteiger charge is 2.17. The van der Waals surface area contributed by atoms with E-state index in [1.54, 1.807) is 13.2 Å². The number of hydrogen-bond acceptors (Lipinski definition) is 5. The van der Waals surface area contributed by atoms with E-state index in [-0.39, 0.29) is 5.69 Å². The Labute approximate surface area is 108 Å². The molecule has 0 aliphatic carbocycles. The molecule has 0 unspecified atom stereocenters. The van der Waals surface area contributed by atoms with E-state index in [4.69, 9.17) is 11.6 Å². The average molecular weight is 268 g/mol. The molecule has 0 amide bonds. The summed E-state index contributed by atoms with van der Waals surface area (Å²) < 4.78 is 1.34. The number of nitrogens with zero attached hydrogens (tertiary/aromatic N) is 4. The van der Waals surface area contributed by atoms with Gasteiger partial charge >= 0.3 is 0 Å². The van der Waals surface area contributed by atoms with Crippen molar-refractivity contribution in [2.45, 2.75) is 6.54 Å². The third-order valence-electron chi connectivity index (χ3n) is 2.28. The van der Waals surface area contributed by atoms with Crippen LogP contribution < -0.4 is 5.32 Å². The summed E-state index contributed by atoms with van der Waals surface area (Å²) in [6.45, 7) is 0.536. The lowest BCUT2D eigenvalue weighted by atomic mass is 10.2. The maximum atomic E-state index is 10.9. The number of nitro benzene ring substituents is 1. The number of rotatable bonds is 4. The number of nitrogens with one attached hydrogen (secondary N) is 1. The van der Waals surface area contributed by atoms with Gasteiger partial charge in [0.05, 0.1) is 16.8 Å². The molecule has 2 aromatic rings. The highest BCUT2D eigenvalue weighted by atomic mass is 35.5. The lowest BCUT2D eigenvalue weighted by molar-refractivity contribution is -0.384. The first-order valence-corrected chi connectivity index (χ1v) is 5.49. The normalized spacial score (nSPS) is 10.6. The van der Waals surface area contributed by atoms with Crippen molar-refractivity contribution in [2.24, 2.45) is 0 Å². The first-order valence-electron chi connectivity index (χ1n) is 5.12. The van der Waals surface area contributed by atoms with Crippen LogP contribution in [0.25, 0.3) is 5.69 Å². The molecule has 18 heavy (non-hydrogen) atoms. The second-order valence-electron chi connectivity index (χ2n) is 3.57. The SMILES string of the molecule is CNCc1cn(-c2cc(Cl)ccc2[N+](=O)[O-])nn1. The summed E-state index contributed by atoms with van der Waals surface area (Å²) in [7, 11) is 1.78. The topological polar surface area (TPSA) is 85.9 Å². The standard InChI is InChI=1S/C10H10ClN5O2/c1-12-5-8-6-15(14-13-8)10-4-7(11)2-3-9(10)16(17)18/h2-4,6,12H,5H2,1H3. The van der Waals surface area contributed by atoms with Gasteiger partial charge in [-0.05, 0) is 19.2 Å². The number of nitro groups is 1. The van der Waals surface area contributed by atoms with E-state index in [0.29, 0.717) is 22.9 Å². The second-order valence-corrected chi connectivity index (χ2v) is 4.01. The molecule has 0 saturated heterocycles. The molecule has 0 spiro atoms. The summed E-state index contributed by atoms with van der Waals surface area (Å²) in [6.07, 6.45) is 1.62. The van der Waals surface area contributed by atoms with Gasteiger partial charge in [0.25, 0.3) is 5.69 Å². The molecule has 0 saturated carbocycles. The molecule has 0 fully saturated rings. The van der Waals surface area contributed by atoms with Gasteiger partial charge in [0.1, 0.15) is 5.69 Å². The van der Waals surface area contributed by atoms with E-state index < -0.39 is 4.92 Å². The fraction of sp³-hybridized carbons (Fsp3) is 0.200. The predicted octanol–water partition coefficient (Wildman–Crippen LogP) is 1.55. The van der Waals surface area contributed by atoms with Crippen LogP contribution in [0, 0.1) is 10.1 Å². The van der Waals surface area contributed by atoms with Crippen molar-refractivity contribution in [1.29, 1.82) is 0 Å². The first kappa shape index (κ1) is 12.5. The highest BCUT2D eigenvalue weighted by molar-refractivity contribution is 6.30. The van der Waals surface area contributed by atoms with Crippen molar-refractivity contribution in [1.82, 2.24) is 20.3 Å². The van der Waals surface area contributed by atoms with E-state index >= 15 is 0 Å². The second kappa shape index (κ2) is 5.11. The average Bonchev–Trinajstić information content (AvgIpc) is 2.77. The molecular formula is C10H10ClN5O2. The Bertz CT molecular complexity index is 583. The van der Waals surface area contributed by atoms with Gasteiger partial charge in [-0.3, -0.25) is 10.1 Å². The molecule has 1 N–H and O–H groups in total. The van der Waals surface area contributed by atoms with Crippen molar-refractivity contribution in [3.63, 3.8) is 0 Å². The lowest BCUT2D eigenvalue weighted by Crippen LogP contribution is -2.05. The molecule has 1 aromatic carbocycles. The zero-order valence-corrected chi connectivity index (χ0v) is 10.3. The molecule has 0 radical (unpaired) electrons. The monoisotopic (exact) mass is 267 g/mol. The van der Waals surface area contributed by atoms with Crippen LogP contribution in [0.2, 0.25) is 5.02 Å². The van der Waals surface area contributed by atoms with Gasteiger partial charge in [-0.25, -0.2) is 4.68 Å². The number of halogens is 1. The van der Waals surface area contributed by atoms with Gasteiger partial charge in [-0.1, -0.05) is 16.8 Å². The fourth-order valence-electron chi connectivity index (χ4n) is 1.51. The van der Waals surface area contributed by atoms with Crippen molar-refractivity contribution in [2.75, 3.05) is 7.05 Å². The van der Waals surface area contributed by atoms with Crippen LogP contribution in [0.4, 0.5) is 5.69 Å². The minimum absolute atomic E-state index is 0.0692. The Morgan fingerprint density at radius 2 is 2.33 bits per heavy atom. The smallest absolute Gasteiger partial charge is 0.295 e. The van der Waals surface area contributed by atoms with Crippen molar-refractivity contribution in [3.05, 3.63) is 45.2 Å². The van der Waals surface area contributed by atoms with Crippen LogP contribution in [0.5, 0.6) is 0 Å². The van der Waals surface area contributed by atoms with Crippen LogP contribution in [0.15, 0.2) is 24.4 Å². The number of benzene rings is 1. The van der Waals surface area contributed by atoms with Crippen molar-refractivity contribution >= 4 is 17.3 Å². The van der Waals surface area contributed by atoms with Gasteiger partial charge < -0.3 is 5.32 Å². The Kier molecular flexibility index (Phi) is 3.54. The summed E-state index contributed by atoms with van der Waals surface area (Å²) in [5, 5.41) is 22.0. The summed E-state index contributed by atoms with van der Waals surface area (Å²) in [6, 6.07) is 4.29. The van der Waals surface area contributed by atoms with Crippen LogP contribution >= 0.6 is 11.6 Å². The predicted molar refractivity (Wildman–Crippen MR) is 65.8 cm³/mol. The quantitative estimate of drug-likeness (QED) is 0.671. The van der Waals surface area contributed by atoms with E-state index in [9.17, 15) is 10.1 Å². The Hall–Kier alpha value is -1.99. The zero-order chi connectivity index (χ0) is 13.1. The summed E-state index contributed by atoms with van der Waals surface area (Å²) in [5.74, 6) is 0. The van der Waals surface area contributed by atoms with Crippen LogP contribution in [0.1, 0.15) is 5.69 Å². The van der Waals surface area contributed by atoms with Crippen LogP contribution in [-0.4, -0.2) is 27.0 Å². The Balaban J connectivity index is 2.47. The molecule has 0 aliphatic rings. The van der Waals surface area contributed by atoms with Gasteiger partial charge in [-0.15, -0.1) is 5.10 Å².